The van der Waals surface area contributed by atoms with Crippen molar-refractivity contribution in [3.8, 4) is 6.07 Å². The zero-order valence-electron chi connectivity index (χ0n) is 19.5. The van der Waals surface area contributed by atoms with Crippen LogP contribution in [-0.2, 0) is 14.8 Å². The molecular formula is C24H25FN6O4S. The third kappa shape index (κ3) is 4.65. The minimum atomic E-state index is -3.69. The lowest BCUT2D eigenvalue weighted by Gasteiger charge is -2.32. The van der Waals surface area contributed by atoms with Crippen molar-refractivity contribution in [1.29, 1.82) is 5.26 Å². The molecular weight excluding hydrogens is 487 g/mol. The molecule has 188 valence electrons. The average Bonchev–Trinajstić information content (AvgIpc) is 3.24. The second kappa shape index (κ2) is 9.16. The maximum Gasteiger partial charge on any atom is 0.261 e. The first-order chi connectivity index (χ1) is 17.2. The second-order valence-corrected chi connectivity index (χ2v) is 11.0. The topological polar surface area (TPSA) is 138 Å². The predicted molar refractivity (Wildman–Crippen MR) is 133 cm³/mol. The van der Waals surface area contributed by atoms with Crippen molar-refractivity contribution in [3.63, 3.8) is 0 Å². The molecule has 3 aromatic rings. The van der Waals surface area contributed by atoms with Gasteiger partial charge in [0, 0.05) is 5.69 Å². The number of hydrogen-bond donors (Lipinski definition) is 3. The van der Waals surface area contributed by atoms with Crippen LogP contribution in [0.4, 0.5) is 21.5 Å². The molecule has 0 radical (unpaired) electrons. The molecule has 1 atom stereocenters. The monoisotopic (exact) mass is 512 g/mol. The summed E-state index contributed by atoms with van der Waals surface area (Å²) in [6.45, 7) is 2.20. The largest absolute Gasteiger partial charge is 0.373 e. The van der Waals surface area contributed by atoms with Crippen molar-refractivity contribution in [2.24, 2.45) is 0 Å². The molecule has 2 aliphatic heterocycles. The number of sulfonamides is 1. The van der Waals surface area contributed by atoms with Crippen LogP contribution in [0.25, 0.3) is 10.9 Å². The summed E-state index contributed by atoms with van der Waals surface area (Å²) in [7, 11) is -3.69. The summed E-state index contributed by atoms with van der Waals surface area (Å²) in [5, 5.41) is 16.1. The quantitative estimate of drug-likeness (QED) is 0.474. The van der Waals surface area contributed by atoms with Crippen LogP contribution in [-0.4, -0.2) is 49.5 Å². The van der Waals surface area contributed by atoms with Crippen LogP contribution in [0.2, 0.25) is 0 Å². The molecule has 0 amide bonds. The SMILES string of the molecule is CS(=O)(=O)Nc1ccc(F)c(Nc2ccc3ncn([C@H]4COC5(CCNCC5)C4)c(=O)c3c2)c1C#N. The van der Waals surface area contributed by atoms with Crippen LogP contribution >= 0.6 is 0 Å². The molecule has 1 spiro atoms. The number of nitrogens with zero attached hydrogens (tertiary/aromatic N) is 3. The smallest absolute Gasteiger partial charge is 0.261 e. The molecule has 3 heterocycles. The van der Waals surface area contributed by atoms with Crippen molar-refractivity contribution < 1.29 is 17.5 Å². The summed E-state index contributed by atoms with van der Waals surface area (Å²) in [6, 6.07) is 8.74. The van der Waals surface area contributed by atoms with Crippen molar-refractivity contribution in [3.05, 3.63) is 58.4 Å². The summed E-state index contributed by atoms with van der Waals surface area (Å²) in [4.78, 5) is 17.9. The number of ether oxygens (including phenoxy) is 1. The first-order valence-electron chi connectivity index (χ1n) is 11.5. The van der Waals surface area contributed by atoms with Crippen LogP contribution in [0.1, 0.15) is 30.9 Å². The van der Waals surface area contributed by atoms with E-state index in [9.17, 15) is 22.9 Å². The number of hydrogen-bond acceptors (Lipinski definition) is 8. The predicted octanol–water partition coefficient (Wildman–Crippen LogP) is 2.61. The van der Waals surface area contributed by atoms with Gasteiger partial charge < -0.3 is 15.4 Å². The van der Waals surface area contributed by atoms with Gasteiger partial charge in [-0.05, 0) is 62.7 Å². The highest BCUT2D eigenvalue weighted by atomic mass is 32.2. The Labute approximate surface area is 207 Å². The van der Waals surface area contributed by atoms with Gasteiger partial charge in [-0.25, -0.2) is 17.8 Å². The van der Waals surface area contributed by atoms with Crippen LogP contribution < -0.4 is 20.9 Å². The standard InChI is InChI=1S/C24H25FN6O4S/c1-36(33,34)30-21-5-3-19(25)22(18(21)12-26)29-15-2-4-20-17(10-15)23(32)31(14-28-20)16-11-24(35-13-16)6-8-27-9-7-24/h2-5,10,14,16,27,29-30H,6-9,11,13H2,1H3/t16-/m1/s1. The maximum absolute atomic E-state index is 14.7. The molecule has 1 aromatic heterocycles. The lowest BCUT2D eigenvalue weighted by Crippen LogP contribution is -2.41. The zero-order valence-corrected chi connectivity index (χ0v) is 20.4. The van der Waals surface area contributed by atoms with Crippen molar-refractivity contribution in [1.82, 2.24) is 14.9 Å². The molecule has 0 aliphatic carbocycles. The van der Waals surface area contributed by atoms with E-state index in [1.165, 1.54) is 6.07 Å². The Hall–Kier alpha value is -3.53. The van der Waals surface area contributed by atoms with E-state index in [-0.39, 0.29) is 34.1 Å². The van der Waals surface area contributed by atoms with Gasteiger partial charge in [-0.15, -0.1) is 0 Å². The average molecular weight is 513 g/mol. The lowest BCUT2D eigenvalue weighted by atomic mass is 9.88. The first kappa shape index (κ1) is 24.2. The van der Waals surface area contributed by atoms with Gasteiger partial charge in [0.05, 0.1) is 53.1 Å². The van der Waals surface area contributed by atoms with E-state index in [0.29, 0.717) is 23.2 Å². The van der Waals surface area contributed by atoms with Crippen LogP contribution in [0, 0.1) is 17.1 Å². The fourth-order valence-electron chi connectivity index (χ4n) is 4.95. The van der Waals surface area contributed by atoms with E-state index in [4.69, 9.17) is 4.74 Å². The summed E-state index contributed by atoms with van der Waals surface area (Å²) in [6.07, 6.45) is 5.01. The van der Waals surface area contributed by atoms with Gasteiger partial charge in [0.2, 0.25) is 10.0 Å². The third-order valence-corrected chi connectivity index (χ3v) is 7.30. The molecule has 2 saturated heterocycles. The van der Waals surface area contributed by atoms with E-state index in [1.54, 1.807) is 29.1 Å². The van der Waals surface area contributed by atoms with Gasteiger partial charge in [0.15, 0.2) is 0 Å². The highest BCUT2D eigenvalue weighted by Crippen LogP contribution is 2.39. The minimum absolute atomic E-state index is 0.0539. The molecule has 10 nitrogen and oxygen atoms in total. The number of nitrogens with one attached hydrogen (secondary N) is 3. The van der Waals surface area contributed by atoms with Gasteiger partial charge in [0.1, 0.15) is 17.4 Å². The number of nitriles is 1. The van der Waals surface area contributed by atoms with Crippen LogP contribution in [0.5, 0.6) is 0 Å². The van der Waals surface area contributed by atoms with Crippen LogP contribution in [0.3, 0.4) is 0 Å². The fraction of sp³-hybridized carbons (Fsp3) is 0.375. The third-order valence-electron chi connectivity index (χ3n) is 6.71. The summed E-state index contributed by atoms with van der Waals surface area (Å²) in [5.74, 6) is -0.746. The molecule has 3 N–H and O–H groups in total. The molecule has 2 aromatic carbocycles. The zero-order chi connectivity index (χ0) is 25.5. The van der Waals surface area contributed by atoms with Gasteiger partial charge in [0.25, 0.3) is 5.56 Å². The molecule has 12 heteroatoms. The lowest BCUT2D eigenvalue weighted by molar-refractivity contribution is -0.0196. The second-order valence-electron chi connectivity index (χ2n) is 9.25. The highest BCUT2D eigenvalue weighted by Gasteiger charge is 2.42. The van der Waals surface area contributed by atoms with Gasteiger partial charge in [-0.2, -0.15) is 5.26 Å². The number of piperidine rings is 1. The Morgan fingerprint density at radius 3 is 2.78 bits per heavy atom. The molecule has 36 heavy (non-hydrogen) atoms. The van der Waals surface area contributed by atoms with Gasteiger partial charge >= 0.3 is 0 Å². The van der Waals surface area contributed by atoms with Crippen molar-refractivity contribution in [2.75, 3.05) is 36.0 Å². The Morgan fingerprint density at radius 1 is 1.28 bits per heavy atom. The summed E-state index contributed by atoms with van der Waals surface area (Å²) < 4.78 is 48.0. The Bertz CT molecular complexity index is 1540. The van der Waals surface area contributed by atoms with E-state index >= 15 is 0 Å². The highest BCUT2D eigenvalue weighted by molar-refractivity contribution is 7.92. The number of fused-ring (bicyclic) bond motifs is 1. The Balaban J connectivity index is 1.48. The van der Waals surface area contributed by atoms with Crippen LogP contribution in [0.15, 0.2) is 41.5 Å². The van der Waals surface area contributed by atoms with Crippen molar-refractivity contribution >= 4 is 38.0 Å². The number of halogens is 1. The number of aromatic nitrogens is 2. The van der Waals surface area contributed by atoms with E-state index in [2.05, 4.69) is 20.3 Å². The van der Waals surface area contributed by atoms with E-state index < -0.39 is 15.8 Å². The Morgan fingerprint density at radius 2 is 2.06 bits per heavy atom. The summed E-state index contributed by atoms with van der Waals surface area (Å²) >= 11 is 0. The Kier molecular flexibility index (Phi) is 6.15. The van der Waals surface area contributed by atoms with E-state index in [0.717, 1.165) is 44.7 Å². The van der Waals surface area contributed by atoms with Gasteiger partial charge in [-0.3, -0.25) is 14.1 Å². The van der Waals surface area contributed by atoms with E-state index in [1.807, 2.05) is 6.07 Å². The van der Waals surface area contributed by atoms with Crippen molar-refractivity contribution in [2.45, 2.75) is 30.9 Å². The molecule has 0 saturated carbocycles. The number of rotatable bonds is 5. The first-order valence-corrected chi connectivity index (χ1v) is 13.4. The summed E-state index contributed by atoms with van der Waals surface area (Å²) in [5.41, 5.74) is -0.0942. The molecule has 2 aliphatic rings. The number of anilines is 3. The van der Waals surface area contributed by atoms with Gasteiger partial charge in [-0.1, -0.05) is 0 Å². The molecule has 0 bridgehead atoms. The maximum atomic E-state index is 14.7. The molecule has 0 unspecified atom stereocenters. The molecule has 2 fully saturated rings. The number of benzene rings is 2. The normalized spacial score (nSPS) is 19.3. The molecule has 5 rings (SSSR count). The minimum Gasteiger partial charge on any atom is -0.373 e. The fourth-order valence-corrected chi connectivity index (χ4v) is 5.52.